The number of methoxy groups -OCH3 is 3. The number of carbonyl (C=O) groups excluding carboxylic acids is 4. The fourth-order valence-corrected chi connectivity index (χ4v) is 8.34. The minimum atomic E-state index is -0.770. The number of carbonyl (C=O) groups is 4. The molecule has 3 heterocycles. The zero-order valence-electron chi connectivity index (χ0n) is 38.3. The van der Waals surface area contributed by atoms with Crippen molar-refractivity contribution in [1.82, 2.24) is 40.4 Å². The molecule has 4 N–H and O–H groups in total. The SMILES string of the molecule is CCC(NC(=O)OC)C(=O)N(CC(C)COC)C(C)c1ncc(-c2ccc3c(c2)COc2cc4c(ccc5[nH]c(C(C)N(C(=O)C(NC(=O)OC)C(C)C)C(C)CC)nc54)cc2-3)[nH]1. The van der Waals surface area contributed by atoms with E-state index in [1.54, 1.807) is 23.1 Å². The van der Waals surface area contributed by atoms with Crippen molar-refractivity contribution in [3.63, 3.8) is 0 Å². The Balaban J connectivity index is 1.27. The number of aromatic nitrogens is 4. The molecular formula is C47H62N8O8. The smallest absolute Gasteiger partial charge is 0.407 e. The summed E-state index contributed by atoms with van der Waals surface area (Å²) in [4.78, 5) is 72.5. The van der Waals surface area contributed by atoms with Gasteiger partial charge in [-0.1, -0.05) is 52.8 Å². The van der Waals surface area contributed by atoms with Crippen molar-refractivity contribution in [2.24, 2.45) is 11.8 Å². The number of nitrogens with one attached hydrogen (secondary N) is 4. The van der Waals surface area contributed by atoms with Crippen LogP contribution in [-0.2, 0) is 30.4 Å². The summed E-state index contributed by atoms with van der Waals surface area (Å²) in [5.41, 5.74) is 6.36. The topological polar surface area (TPSA) is 193 Å². The van der Waals surface area contributed by atoms with E-state index in [4.69, 9.17) is 28.9 Å². The van der Waals surface area contributed by atoms with Crippen LogP contribution in [0.4, 0.5) is 9.59 Å². The summed E-state index contributed by atoms with van der Waals surface area (Å²) < 4.78 is 21.4. The van der Waals surface area contributed by atoms with Crippen LogP contribution in [0.25, 0.3) is 44.2 Å². The Labute approximate surface area is 368 Å². The molecule has 16 nitrogen and oxygen atoms in total. The molecule has 16 heteroatoms. The molecule has 63 heavy (non-hydrogen) atoms. The number of nitrogens with zero attached hydrogens (tertiary/aromatic N) is 4. The number of fused-ring (bicyclic) bond motifs is 6. The Hall–Kier alpha value is -6.16. The predicted octanol–water partition coefficient (Wildman–Crippen LogP) is 8.04. The molecule has 0 radical (unpaired) electrons. The Morgan fingerprint density at radius 2 is 1.56 bits per heavy atom. The summed E-state index contributed by atoms with van der Waals surface area (Å²) in [6, 6.07) is 12.0. The Kier molecular flexibility index (Phi) is 14.6. The lowest BCUT2D eigenvalue weighted by Gasteiger charge is -2.37. The molecule has 2 aromatic heterocycles. The van der Waals surface area contributed by atoms with Crippen molar-refractivity contribution < 1.29 is 38.1 Å². The maximum absolute atomic E-state index is 14.1. The van der Waals surface area contributed by atoms with E-state index in [1.165, 1.54) is 14.2 Å². The molecule has 1 aliphatic heterocycles. The number of rotatable bonds is 17. The maximum Gasteiger partial charge on any atom is 0.407 e. The van der Waals surface area contributed by atoms with E-state index in [-0.39, 0.29) is 29.7 Å². The summed E-state index contributed by atoms with van der Waals surface area (Å²) in [5.74, 6) is 1.42. The number of hydrogen-bond acceptors (Lipinski definition) is 10. The first kappa shape index (κ1) is 46.3. The van der Waals surface area contributed by atoms with Crippen LogP contribution in [0, 0.1) is 11.8 Å². The number of hydrogen-bond donors (Lipinski definition) is 4. The quantitative estimate of drug-likeness (QED) is 0.0711. The van der Waals surface area contributed by atoms with Gasteiger partial charge in [0.2, 0.25) is 11.8 Å². The molecule has 6 atom stereocenters. The fourth-order valence-electron chi connectivity index (χ4n) is 8.34. The highest BCUT2D eigenvalue weighted by Crippen LogP contribution is 2.43. The molecule has 0 saturated heterocycles. The first-order valence-corrected chi connectivity index (χ1v) is 21.7. The molecule has 5 aromatic rings. The van der Waals surface area contributed by atoms with Crippen molar-refractivity contribution in [1.29, 1.82) is 0 Å². The number of amides is 4. The highest BCUT2D eigenvalue weighted by atomic mass is 16.5. The molecule has 338 valence electrons. The van der Waals surface area contributed by atoms with Crippen LogP contribution < -0.4 is 15.4 Å². The minimum Gasteiger partial charge on any atom is -0.488 e. The van der Waals surface area contributed by atoms with Gasteiger partial charge in [0.15, 0.2) is 0 Å². The summed E-state index contributed by atoms with van der Waals surface area (Å²) in [6.45, 7) is 16.8. The van der Waals surface area contributed by atoms with Gasteiger partial charge in [-0.2, -0.15) is 0 Å². The largest absolute Gasteiger partial charge is 0.488 e. The van der Waals surface area contributed by atoms with Gasteiger partial charge in [-0.3, -0.25) is 9.59 Å². The highest BCUT2D eigenvalue weighted by molar-refractivity contribution is 6.07. The van der Waals surface area contributed by atoms with Crippen molar-refractivity contribution >= 4 is 45.8 Å². The number of ether oxygens (including phenoxy) is 4. The monoisotopic (exact) mass is 866 g/mol. The summed E-state index contributed by atoms with van der Waals surface area (Å²) in [6.07, 6.45) is 1.56. The number of benzene rings is 3. The third-order valence-corrected chi connectivity index (χ3v) is 12.1. The lowest BCUT2D eigenvalue weighted by atomic mass is 9.92. The summed E-state index contributed by atoms with van der Waals surface area (Å²) in [5, 5.41) is 7.31. The first-order chi connectivity index (χ1) is 30.1. The second kappa shape index (κ2) is 19.9. The molecule has 0 bridgehead atoms. The maximum atomic E-state index is 14.1. The molecule has 1 aliphatic rings. The minimum absolute atomic E-state index is 0.0307. The third kappa shape index (κ3) is 9.75. The lowest BCUT2D eigenvalue weighted by Crippen LogP contribution is -2.54. The fraction of sp³-hybridized carbons (Fsp3) is 0.489. The van der Waals surface area contributed by atoms with Crippen molar-refractivity contribution in [3.05, 3.63) is 65.9 Å². The second-order valence-electron chi connectivity index (χ2n) is 16.9. The van der Waals surface area contributed by atoms with E-state index >= 15 is 0 Å². The molecule has 0 fully saturated rings. The van der Waals surface area contributed by atoms with Gasteiger partial charge in [0.25, 0.3) is 0 Å². The van der Waals surface area contributed by atoms with Gasteiger partial charge < -0.3 is 49.3 Å². The van der Waals surface area contributed by atoms with Crippen LogP contribution >= 0.6 is 0 Å². The number of aromatic amines is 2. The standard InChI is InChI=1S/C47H62N8O8/c1-12-27(6)55(45(57)40(25(3)4)53-47(59)62-11)29(8)43-49-37-17-15-30-19-35-33-16-14-31(18-32(33)24-63-39(35)20-34(30)41(37)52-43)38-21-48-42(50-38)28(7)54(22-26(5)23-60-9)44(56)36(13-2)51-46(58)61-10/h14-21,25-29,36,40H,12-13,22-24H2,1-11H3,(H,48,50)(H,49,52)(H,51,58)(H,53,59). The van der Waals surface area contributed by atoms with Gasteiger partial charge >= 0.3 is 12.2 Å². The van der Waals surface area contributed by atoms with Gasteiger partial charge in [-0.25, -0.2) is 19.6 Å². The van der Waals surface area contributed by atoms with Crippen LogP contribution in [0.5, 0.6) is 5.75 Å². The molecule has 0 spiro atoms. The van der Waals surface area contributed by atoms with E-state index in [0.29, 0.717) is 44.2 Å². The van der Waals surface area contributed by atoms with E-state index in [1.807, 2.05) is 67.5 Å². The van der Waals surface area contributed by atoms with E-state index in [0.717, 1.165) is 55.5 Å². The van der Waals surface area contributed by atoms with Gasteiger partial charge in [0.1, 0.15) is 36.1 Å². The van der Waals surface area contributed by atoms with Crippen molar-refractivity contribution in [2.75, 3.05) is 34.5 Å². The number of alkyl carbamates (subject to hydrolysis) is 2. The van der Waals surface area contributed by atoms with Gasteiger partial charge in [-0.15, -0.1) is 0 Å². The Bertz CT molecular complexity index is 2440. The van der Waals surface area contributed by atoms with Gasteiger partial charge in [0.05, 0.1) is 55.8 Å². The second-order valence-corrected chi connectivity index (χ2v) is 16.9. The van der Waals surface area contributed by atoms with Crippen LogP contribution in [-0.4, -0.2) is 106 Å². The zero-order chi connectivity index (χ0) is 45.7. The first-order valence-electron chi connectivity index (χ1n) is 21.7. The van der Waals surface area contributed by atoms with Crippen LogP contribution in [0.1, 0.15) is 97.5 Å². The van der Waals surface area contributed by atoms with Gasteiger partial charge in [-0.05, 0) is 91.8 Å². The molecule has 6 unspecified atom stereocenters. The Morgan fingerprint density at radius 1 is 0.825 bits per heavy atom. The summed E-state index contributed by atoms with van der Waals surface area (Å²) in [7, 11) is 4.19. The highest BCUT2D eigenvalue weighted by Gasteiger charge is 2.36. The Morgan fingerprint density at radius 3 is 2.22 bits per heavy atom. The summed E-state index contributed by atoms with van der Waals surface area (Å²) >= 11 is 0. The third-order valence-electron chi connectivity index (χ3n) is 12.1. The van der Waals surface area contributed by atoms with Crippen molar-refractivity contribution in [2.45, 2.75) is 105 Å². The van der Waals surface area contributed by atoms with Crippen molar-refractivity contribution in [3.8, 4) is 28.1 Å². The van der Waals surface area contributed by atoms with Crippen LogP contribution in [0.3, 0.4) is 0 Å². The molecule has 3 aromatic carbocycles. The average Bonchev–Trinajstić information content (AvgIpc) is 3.96. The average molecular weight is 867 g/mol. The zero-order valence-corrected chi connectivity index (χ0v) is 38.3. The van der Waals surface area contributed by atoms with Crippen LogP contribution in [0.15, 0.2) is 48.7 Å². The molecule has 0 aliphatic carbocycles. The molecule has 0 saturated carbocycles. The normalized spacial score (nSPS) is 15.0. The number of imidazole rings is 2. The molecule has 4 amide bonds. The lowest BCUT2D eigenvalue weighted by molar-refractivity contribution is -0.139. The van der Waals surface area contributed by atoms with E-state index in [9.17, 15) is 19.2 Å². The number of H-pyrrole nitrogens is 2. The van der Waals surface area contributed by atoms with Crippen LogP contribution in [0.2, 0.25) is 0 Å². The van der Waals surface area contributed by atoms with E-state index in [2.05, 4.69) is 50.9 Å². The predicted molar refractivity (Wildman–Crippen MR) is 241 cm³/mol. The molecule has 6 rings (SSSR count). The molecular weight excluding hydrogens is 805 g/mol. The van der Waals surface area contributed by atoms with Gasteiger partial charge in [0, 0.05) is 30.6 Å². The van der Waals surface area contributed by atoms with E-state index < -0.39 is 36.4 Å².